The zero-order valence-corrected chi connectivity index (χ0v) is 10.1. The van der Waals surface area contributed by atoms with Crippen LogP contribution in [0, 0.1) is 0 Å². The second kappa shape index (κ2) is 4.74. The average molecular weight is 251 g/mol. The van der Waals surface area contributed by atoms with E-state index in [4.69, 9.17) is 0 Å². The number of H-pyrrole nitrogens is 1. The molecule has 90 valence electrons. The van der Waals surface area contributed by atoms with E-state index in [2.05, 4.69) is 35.3 Å². The van der Waals surface area contributed by atoms with E-state index in [0.717, 1.165) is 11.0 Å². The first-order valence-electron chi connectivity index (χ1n) is 5.71. The van der Waals surface area contributed by atoms with Crippen LogP contribution in [0.1, 0.15) is 43.3 Å². The van der Waals surface area contributed by atoms with Crippen molar-refractivity contribution >= 4 is 16.7 Å². The Kier molecular flexibility index (Phi) is 2.95. The van der Waals surface area contributed by atoms with Gasteiger partial charge in [-0.25, -0.2) is 4.98 Å². The van der Waals surface area contributed by atoms with Gasteiger partial charge in [-0.1, -0.05) is 18.1 Å². The van der Waals surface area contributed by atoms with Gasteiger partial charge in [-0.15, -0.1) is 10.2 Å². The molecule has 1 saturated carbocycles. The van der Waals surface area contributed by atoms with E-state index < -0.39 is 0 Å². The summed E-state index contributed by atoms with van der Waals surface area (Å²) in [5.74, 6) is 2.18. The monoisotopic (exact) mass is 251 g/mol. The molecule has 3 rings (SSSR count). The maximum Gasteiger partial charge on any atom is 0.202 e. The molecule has 2 aromatic heterocycles. The summed E-state index contributed by atoms with van der Waals surface area (Å²) in [6, 6.07) is 0. The lowest BCUT2D eigenvalue weighted by Crippen LogP contribution is -2.02. The number of aromatic amines is 1. The smallest absolute Gasteiger partial charge is 0.202 e. The van der Waals surface area contributed by atoms with Crippen LogP contribution in [0.4, 0.5) is 5.13 Å². The second-order valence-electron chi connectivity index (χ2n) is 4.12. The van der Waals surface area contributed by atoms with Crippen LogP contribution in [-0.2, 0) is 6.54 Å². The Morgan fingerprint density at radius 2 is 2.24 bits per heavy atom. The maximum atomic E-state index is 4.50. The fourth-order valence-corrected chi connectivity index (χ4v) is 2.71. The normalized spacial score (nSPS) is 16.5. The minimum Gasteiger partial charge on any atom is -0.353 e. The molecule has 0 amide bonds. The molecule has 0 bridgehead atoms. The topological polar surface area (TPSA) is 92.3 Å². The molecule has 0 saturated heterocycles. The molecular formula is C9H13N7S. The first-order chi connectivity index (χ1) is 8.42. The van der Waals surface area contributed by atoms with Gasteiger partial charge in [0, 0.05) is 17.5 Å². The fraction of sp³-hybridized carbons (Fsp3) is 0.667. The van der Waals surface area contributed by atoms with Gasteiger partial charge in [-0.3, -0.25) is 0 Å². The number of anilines is 1. The number of tetrazole rings is 1. The molecular weight excluding hydrogens is 238 g/mol. The summed E-state index contributed by atoms with van der Waals surface area (Å²) in [5.41, 5.74) is 0. The van der Waals surface area contributed by atoms with E-state index in [1.54, 1.807) is 0 Å². The van der Waals surface area contributed by atoms with Gasteiger partial charge in [-0.2, -0.15) is 9.59 Å². The molecule has 0 aromatic carbocycles. The van der Waals surface area contributed by atoms with Crippen molar-refractivity contribution in [3.8, 4) is 0 Å². The Bertz CT molecular complexity index is 459. The molecule has 2 N–H and O–H groups in total. The zero-order chi connectivity index (χ0) is 11.5. The lowest BCUT2D eigenvalue weighted by Gasteiger charge is -2.01. The fourth-order valence-electron chi connectivity index (χ4n) is 2.07. The van der Waals surface area contributed by atoms with Crippen LogP contribution in [0.25, 0.3) is 0 Å². The van der Waals surface area contributed by atoms with Crippen LogP contribution in [-0.4, -0.2) is 30.0 Å². The molecule has 0 radical (unpaired) electrons. The molecule has 17 heavy (non-hydrogen) atoms. The summed E-state index contributed by atoms with van der Waals surface area (Å²) in [7, 11) is 0. The van der Waals surface area contributed by atoms with Gasteiger partial charge in [-0.05, 0) is 12.8 Å². The third kappa shape index (κ3) is 2.41. The summed E-state index contributed by atoms with van der Waals surface area (Å²) in [6.07, 6.45) is 5.05. The minimum atomic E-state index is 0.524. The van der Waals surface area contributed by atoms with Gasteiger partial charge in [0.25, 0.3) is 0 Å². The standard InChI is InChI=1S/C9H13N7S/c1-2-4-6(3-1)8-11-9(17-14-8)10-5-7-12-15-16-13-7/h6H,1-5H2,(H,10,11,14)(H,12,13,15,16). The van der Waals surface area contributed by atoms with Crippen molar-refractivity contribution in [3.05, 3.63) is 11.6 Å². The van der Waals surface area contributed by atoms with Gasteiger partial charge in [0.2, 0.25) is 5.13 Å². The lowest BCUT2D eigenvalue weighted by molar-refractivity contribution is 0.681. The van der Waals surface area contributed by atoms with Gasteiger partial charge in [0.05, 0.1) is 6.54 Å². The van der Waals surface area contributed by atoms with E-state index in [-0.39, 0.29) is 0 Å². The molecule has 7 nitrogen and oxygen atoms in total. The van der Waals surface area contributed by atoms with Crippen LogP contribution < -0.4 is 5.32 Å². The van der Waals surface area contributed by atoms with Crippen molar-refractivity contribution in [3.63, 3.8) is 0 Å². The Labute approximate surface area is 102 Å². The molecule has 8 heteroatoms. The van der Waals surface area contributed by atoms with Gasteiger partial charge < -0.3 is 5.32 Å². The summed E-state index contributed by atoms with van der Waals surface area (Å²) in [6.45, 7) is 0.524. The molecule has 2 aromatic rings. The molecule has 2 heterocycles. The Morgan fingerprint density at radius 3 is 3.00 bits per heavy atom. The predicted molar refractivity (Wildman–Crippen MR) is 62.6 cm³/mol. The van der Waals surface area contributed by atoms with Gasteiger partial charge in [0.15, 0.2) is 5.82 Å². The van der Waals surface area contributed by atoms with E-state index in [0.29, 0.717) is 18.3 Å². The molecule has 0 aliphatic heterocycles. The highest BCUT2D eigenvalue weighted by atomic mass is 32.1. The first kappa shape index (κ1) is 10.6. The Morgan fingerprint density at radius 1 is 1.35 bits per heavy atom. The van der Waals surface area contributed by atoms with Crippen LogP contribution in [0.15, 0.2) is 0 Å². The maximum absolute atomic E-state index is 4.50. The van der Waals surface area contributed by atoms with Crippen molar-refractivity contribution in [2.24, 2.45) is 0 Å². The van der Waals surface area contributed by atoms with E-state index >= 15 is 0 Å². The Balaban J connectivity index is 1.60. The van der Waals surface area contributed by atoms with Crippen molar-refractivity contribution in [2.45, 2.75) is 38.1 Å². The molecule has 0 unspecified atom stereocenters. The quantitative estimate of drug-likeness (QED) is 0.851. The summed E-state index contributed by atoms with van der Waals surface area (Å²) < 4.78 is 4.40. The summed E-state index contributed by atoms with van der Waals surface area (Å²) in [5, 5.41) is 17.6. The largest absolute Gasteiger partial charge is 0.353 e. The van der Waals surface area contributed by atoms with Crippen molar-refractivity contribution in [1.82, 2.24) is 30.0 Å². The number of nitrogens with zero attached hydrogens (tertiary/aromatic N) is 5. The second-order valence-corrected chi connectivity index (χ2v) is 4.87. The van der Waals surface area contributed by atoms with Crippen molar-refractivity contribution in [1.29, 1.82) is 0 Å². The molecule has 1 fully saturated rings. The number of nitrogens with one attached hydrogen (secondary N) is 2. The molecule has 1 aliphatic rings. The van der Waals surface area contributed by atoms with Crippen molar-refractivity contribution < 1.29 is 0 Å². The molecule has 0 spiro atoms. The number of aromatic nitrogens is 6. The third-order valence-electron chi connectivity index (χ3n) is 2.95. The number of hydrogen-bond acceptors (Lipinski definition) is 7. The highest BCUT2D eigenvalue weighted by molar-refractivity contribution is 7.09. The lowest BCUT2D eigenvalue weighted by atomic mass is 10.1. The van der Waals surface area contributed by atoms with Gasteiger partial charge in [0.1, 0.15) is 5.82 Å². The Hall–Kier alpha value is -1.57. The van der Waals surface area contributed by atoms with E-state index in [9.17, 15) is 0 Å². The van der Waals surface area contributed by atoms with Crippen molar-refractivity contribution in [2.75, 3.05) is 5.32 Å². The van der Waals surface area contributed by atoms with Gasteiger partial charge >= 0.3 is 0 Å². The molecule has 1 aliphatic carbocycles. The number of rotatable bonds is 4. The summed E-state index contributed by atoms with van der Waals surface area (Å²) in [4.78, 5) is 4.50. The highest BCUT2D eigenvalue weighted by Crippen LogP contribution is 2.33. The van der Waals surface area contributed by atoms with Crippen LogP contribution in [0.5, 0.6) is 0 Å². The first-order valence-corrected chi connectivity index (χ1v) is 6.49. The minimum absolute atomic E-state index is 0.524. The SMILES string of the molecule is C1CCC(c2nsc(NCc3nn[nH]n3)n2)C1. The number of hydrogen-bond donors (Lipinski definition) is 2. The van der Waals surface area contributed by atoms with Crippen LogP contribution in [0.2, 0.25) is 0 Å². The van der Waals surface area contributed by atoms with Crippen LogP contribution >= 0.6 is 11.5 Å². The average Bonchev–Trinajstić information content (AvgIpc) is 3.09. The zero-order valence-electron chi connectivity index (χ0n) is 9.26. The van der Waals surface area contributed by atoms with E-state index in [1.807, 2.05) is 0 Å². The molecule has 0 atom stereocenters. The predicted octanol–water partition coefficient (Wildman–Crippen LogP) is 1.32. The van der Waals surface area contributed by atoms with Crippen LogP contribution in [0.3, 0.4) is 0 Å². The summed E-state index contributed by atoms with van der Waals surface area (Å²) >= 11 is 1.40. The van der Waals surface area contributed by atoms with E-state index in [1.165, 1.54) is 37.2 Å². The third-order valence-corrected chi connectivity index (χ3v) is 3.64. The highest BCUT2D eigenvalue weighted by Gasteiger charge is 2.21.